The van der Waals surface area contributed by atoms with Crippen molar-refractivity contribution in [2.75, 3.05) is 13.2 Å². The Balaban J connectivity index is 1.78. The molecule has 0 aliphatic carbocycles. The van der Waals surface area contributed by atoms with Gasteiger partial charge in [0.2, 0.25) is 0 Å². The Morgan fingerprint density at radius 3 is 2.70 bits per heavy atom. The van der Waals surface area contributed by atoms with Crippen molar-refractivity contribution in [3.63, 3.8) is 0 Å². The summed E-state index contributed by atoms with van der Waals surface area (Å²) in [5.41, 5.74) is 1.87. The quantitative estimate of drug-likeness (QED) is 0.945. The van der Waals surface area contributed by atoms with E-state index in [-0.39, 0.29) is 0 Å². The lowest BCUT2D eigenvalue weighted by molar-refractivity contribution is 0.164. The number of aliphatic hydroxyl groups excluding tert-OH is 1. The minimum Gasteiger partial charge on any atom is -0.486 e. The molecule has 1 unspecified atom stereocenters. The van der Waals surface area contributed by atoms with Gasteiger partial charge in [-0.25, -0.2) is 4.98 Å². The number of ether oxygens (including phenoxy) is 2. The van der Waals surface area contributed by atoms with Crippen molar-refractivity contribution in [3.8, 4) is 11.5 Å². The molecule has 0 radical (unpaired) electrons. The third-order valence-corrected chi connectivity index (χ3v) is 4.49. The molecule has 0 bridgehead atoms. The van der Waals surface area contributed by atoms with Gasteiger partial charge in [-0.15, -0.1) is 11.3 Å². The molecule has 1 N–H and O–H groups in total. The Morgan fingerprint density at radius 2 is 2.00 bits per heavy atom. The molecular formula is C15H17NO3S. The van der Waals surface area contributed by atoms with E-state index >= 15 is 0 Å². The maximum atomic E-state index is 10.3. The monoisotopic (exact) mass is 291 g/mol. The van der Waals surface area contributed by atoms with Crippen LogP contribution in [0.15, 0.2) is 18.2 Å². The normalized spacial score (nSPS) is 15.2. The standard InChI is InChI=1S/C15H17NO3S/c1-9-10(2)20-15(16-9)8-12(17)11-3-4-13-14(7-11)19-6-5-18-13/h3-4,7,12,17H,5-6,8H2,1-2H3. The minimum absolute atomic E-state index is 0.527. The van der Waals surface area contributed by atoms with Crippen LogP contribution in [-0.2, 0) is 6.42 Å². The summed E-state index contributed by atoms with van der Waals surface area (Å²) >= 11 is 1.64. The second-order valence-electron chi connectivity index (χ2n) is 4.87. The topological polar surface area (TPSA) is 51.6 Å². The molecule has 1 atom stereocenters. The van der Waals surface area contributed by atoms with E-state index in [4.69, 9.17) is 9.47 Å². The highest BCUT2D eigenvalue weighted by atomic mass is 32.1. The summed E-state index contributed by atoms with van der Waals surface area (Å²) in [6, 6.07) is 5.59. The lowest BCUT2D eigenvalue weighted by Crippen LogP contribution is -2.15. The molecule has 1 aliphatic rings. The van der Waals surface area contributed by atoms with Crippen LogP contribution < -0.4 is 9.47 Å². The van der Waals surface area contributed by atoms with Crippen LogP contribution in [-0.4, -0.2) is 23.3 Å². The average Bonchev–Trinajstić information content (AvgIpc) is 2.76. The fourth-order valence-electron chi connectivity index (χ4n) is 2.18. The molecule has 0 saturated carbocycles. The van der Waals surface area contributed by atoms with Gasteiger partial charge in [0.1, 0.15) is 13.2 Å². The minimum atomic E-state index is -0.573. The number of fused-ring (bicyclic) bond motifs is 1. The summed E-state index contributed by atoms with van der Waals surface area (Å²) in [6.45, 7) is 5.17. The van der Waals surface area contributed by atoms with E-state index < -0.39 is 6.10 Å². The number of aliphatic hydroxyl groups is 1. The highest BCUT2D eigenvalue weighted by molar-refractivity contribution is 7.11. The molecule has 0 amide bonds. The first-order chi connectivity index (χ1) is 9.63. The third kappa shape index (κ3) is 2.64. The number of aromatic nitrogens is 1. The summed E-state index contributed by atoms with van der Waals surface area (Å²) < 4.78 is 11.0. The molecule has 20 heavy (non-hydrogen) atoms. The number of hydrogen-bond donors (Lipinski definition) is 1. The zero-order valence-corrected chi connectivity index (χ0v) is 12.4. The predicted molar refractivity (Wildman–Crippen MR) is 77.7 cm³/mol. The van der Waals surface area contributed by atoms with Gasteiger partial charge in [-0.2, -0.15) is 0 Å². The molecule has 1 aromatic heterocycles. The molecule has 1 aliphatic heterocycles. The summed E-state index contributed by atoms with van der Waals surface area (Å²) in [4.78, 5) is 5.67. The van der Waals surface area contributed by atoms with Crippen LogP contribution in [0, 0.1) is 13.8 Å². The maximum absolute atomic E-state index is 10.3. The number of thiazole rings is 1. The van der Waals surface area contributed by atoms with Crippen LogP contribution in [0.5, 0.6) is 11.5 Å². The Bertz CT molecular complexity index is 604. The van der Waals surface area contributed by atoms with Crippen molar-refractivity contribution in [3.05, 3.63) is 39.3 Å². The number of benzene rings is 1. The molecule has 2 aromatic rings. The number of hydrogen-bond acceptors (Lipinski definition) is 5. The highest BCUT2D eigenvalue weighted by Gasteiger charge is 2.17. The van der Waals surface area contributed by atoms with E-state index in [1.54, 1.807) is 11.3 Å². The summed E-state index contributed by atoms with van der Waals surface area (Å²) in [6.07, 6.45) is -0.0466. The van der Waals surface area contributed by atoms with E-state index in [2.05, 4.69) is 4.98 Å². The zero-order valence-electron chi connectivity index (χ0n) is 11.5. The van der Waals surface area contributed by atoms with Crippen molar-refractivity contribution in [2.45, 2.75) is 26.4 Å². The van der Waals surface area contributed by atoms with Crippen molar-refractivity contribution < 1.29 is 14.6 Å². The summed E-state index contributed by atoms with van der Waals surface area (Å²) in [5, 5.41) is 11.3. The average molecular weight is 291 g/mol. The van der Waals surface area contributed by atoms with Crippen LogP contribution in [0.1, 0.15) is 27.2 Å². The van der Waals surface area contributed by atoms with Crippen molar-refractivity contribution in [2.24, 2.45) is 0 Å². The van der Waals surface area contributed by atoms with E-state index in [9.17, 15) is 5.11 Å². The van der Waals surface area contributed by atoms with Crippen molar-refractivity contribution in [1.29, 1.82) is 0 Å². The summed E-state index contributed by atoms with van der Waals surface area (Å²) in [7, 11) is 0. The van der Waals surface area contributed by atoms with E-state index in [1.807, 2.05) is 32.0 Å². The number of rotatable bonds is 3. The fraction of sp³-hybridized carbons (Fsp3) is 0.400. The second kappa shape index (κ2) is 5.42. The second-order valence-corrected chi connectivity index (χ2v) is 6.16. The fourth-order valence-corrected chi connectivity index (χ4v) is 3.15. The molecule has 3 rings (SSSR count). The summed E-state index contributed by atoms with van der Waals surface area (Å²) in [5.74, 6) is 1.45. The smallest absolute Gasteiger partial charge is 0.161 e. The number of nitrogens with zero attached hydrogens (tertiary/aromatic N) is 1. The molecule has 1 aromatic carbocycles. The molecule has 0 saturated heterocycles. The van der Waals surface area contributed by atoms with Crippen LogP contribution in [0.2, 0.25) is 0 Å². The predicted octanol–water partition coefficient (Wildman–Crippen LogP) is 2.81. The third-order valence-electron chi connectivity index (χ3n) is 3.39. The van der Waals surface area contributed by atoms with Crippen molar-refractivity contribution >= 4 is 11.3 Å². The Labute approximate surface area is 122 Å². The molecule has 106 valence electrons. The first-order valence-corrected chi connectivity index (χ1v) is 7.45. The lowest BCUT2D eigenvalue weighted by atomic mass is 10.1. The van der Waals surface area contributed by atoms with E-state index in [1.165, 1.54) is 4.88 Å². The zero-order chi connectivity index (χ0) is 14.1. The Kier molecular flexibility index (Phi) is 3.63. The SMILES string of the molecule is Cc1nc(CC(O)c2ccc3c(c2)OCCO3)sc1C. The van der Waals surface area contributed by atoms with Gasteiger partial charge < -0.3 is 14.6 Å². The first-order valence-electron chi connectivity index (χ1n) is 6.64. The molecule has 0 fully saturated rings. The van der Waals surface area contributed by atoms with Crippen LogP contribution >= 0.6 is 11.3 Å². The van der Waals surface area contributed by atoms with E-state index in [0.29, 0.717) is 25.4 Å². The molecule has 5 heteroatoms. The number of aryl methyl sites for hydroxylation is 2. The Hall–Kier alpha value is -1.59. The Morgan fingerprint density at radius 1 is 1.25 bits per heavy atom. The largest absolute Gasteiger partial charge is 0.486 e. The van der Waals surface area contributed by atoms with Gasteiger partial charge in [0, 0.05) is 11.3 Å². The van der Waals surface area contributed by atoms with Gasteiger partial charge in [0.25, 0.3) is 0 Å². The first kappa shape index (κ1) is 13.4. The van der Waals surface area contributed by atoms with Crippen LogP contribution in [0.25, 0.3) is 0 Å². The van der Waals surface area contributed by atoms with Crippen molar-refractivity contribution in [1.82, 2.24) is 4.98 Å². The van der Waals surface area contributed by atoms with Crippen LogP contribution in [0.4, 0.5) is 0 Å². The van der Waals surface area contributed by atoms with Crippen LogP contribution in [0.3, 0.4) is 0 Å². The molecule has 0 spiro atoms. The van der Waals surface area contributed by atoms with Gasteiger partial charge in [-0.1, -0.05) is 6.07 Å². The van der Waals surface area contributed by atoms with Gasteiger partial charge in [0.05, 0.1) is 16.8 Å². The molecule has 4 nitrogen and oxygen atoms in total. The lowest BCUT2D eigenvalue weighted by Gasteiger charge is -2.20. The van der Waals surface area contributed by atoms with Gasteiger partial charge >= 0.3 is 0 Å². The highest BCUT2D eigenvalue weighted by Crippen LogP contribution is 2.33. The molecule has 2 heterocycles. The van der Waals surface area contributed by atoms with Gasteiger partial charge in [-0.3, -0.25) is 0 Å². The van der Waals surface area contributed by atoms with Gasteiger partial charge in [-0.05, 0) is 31.5 Å². The maximum Gasteiger partial charge on any atom is 0.161 e. The van der Waals surface area contributed by atoms with E-state index in [0.717, 1.165) is 22.0 Å². The van der Waals surface area contributed by atoms with Gasteiger partial charge in [0.15, 0.2) is 11.5 Å². The molecular weight excluding hydrogens is 274 g/mol.